The largest absolute Gasteiger partial charge is 0.335 e. The van der Waals surface area contributed by atoms with Crippen molar-refractivity contribution in [2.45, 2.75) is 20.4 Å². The van der Waals surface area contributed by atoms with Crippen molar-refractivity contribution in [3.8, 4) is 0 Å². The molecule has 0 bridgehead atoms. The molecule has 0 amide bonds. The van der Waals surface area contributed by atoms with E-state index in [-0.39, 0.29) is 0 Å². The number of rotatable bonds is 4. The molecule has 0 radical (unpaired) electrons. The zero-order valence-electron chi connectivity index (χ0n) is 10.5. The van der Waals surface area contributed by atoms with E-state index in [1.165, 1.54) is 0 Å². The number of nitrogens with zero attached hydrogens (tertiary/aromatic N) is 4. The number of halogens is 1. The predicted octanol–water partition coefficient (Wildman–Crippen LogP) is 2.97. The third-order valence-corrected chi connectivity index (χ3v) is 2.98. The Morgan fingerprint density at radius 2 is 1.94 bits per heavy atom. The van der Waals surface area contributed by atoms with Crippen molar-refractivity contribution in [2.75, 3.05) is 11.4 Å². The highest BCUT2D eigenvalue weighted by atomic mass is 79.9. The van der Waals surface area contributed by atoms with E-state index >= 15 is 0 Å². The van der Waals surface area contributed by atoms with Gasteiger partial charge < -0.3 is 4.90 Å². The van der Waals surface area contributed by atoms with Crippen LogP contribution in [0.25, 0.3) is 0 Å². The van der Waals surface area contributed by atoms with Crippen LogP contribution in [0.3, 0.4) is 0 Å². The first kappa shape index (κ1) is 13.0. The van der Waals surface area contributed by atoms with Gasteiger partial charge in [0.25, 0.3) is 0 Å². The highest BCUT2D eigenvalue weighted by Crippen LogP contribution is 2.13. The smallest absolute Gasteiger partial charge is 0.225 e. The summed E-state index contributed by atoms with van der Waals surface area (Å²) in [5, 5.41) is 0. The summed E-state index contributed by atoms with van der Waals surface area (Å²) in [5.41, 5.74) is 2.06. The Morgan fingerprint density at radius 3 is 2.56 bits per heavy atom. The van der Waals surface area contributed by atoms with Crippen LogP contribution in [-0.4, -0.2) is 21.5 Å². The molecule has 0 aromatic carbocycles. The van der Waals surface area contributed by atoms with E-state index in [0.29, 0.717) is 0 Å². The van der Waals surface area contributed by atoms with Gasteiger partial charge in [-0.05, 0) is 41.9 Å². The molecule has 0 N–H and O–H groups in total. The molecule has 0 unspecified atom stereocenters. The van der Waals surface area contributed by atoms with Crippen molar-refractivity contribution in [3.63, 3.8) is 0 Å². The fourth-order valence-corrected chi connectivity index (χ4v) is 1.88. The van der Waals surface area contributed by atoms with E-state index in [1.807, 2.05) is 25.1 Å². The van der Waals surface area contributed by atoms with Gasteiger partial charge in [-0.15, -0.1) is 0 Å². The maximum atomic E-state index is 4.50. The minimum absolute atomic E-state index is 0.722. The van der Waals surface area contributed by atoms with Crippen molar-refractivity contribution in [3.05, 3.63) is 46.5 Å². The first-order valence-corrected chi connectivity index (χ1v) is 6.63. The second-order valence-corrected chi connectivity index (χ2v) is 4.90. The topological polar surface area (TPSA) is 41.9 Å². The Balaban J connectivity index is 2.17. The van der Waals surface area contributed by atoms with Gasteiger partial charge in [-0.2, -0.15) is 0 Å². The Kier molecular flexibility index (Phi) is 4.25. The van der Waals surface area contributed by atoms with Crippen molar-refractivity contribution in [2.24, 2.45) is 0 Å². The molecule has 4 nitrogen and oxygen atoms in total. The first-order chi connectivity index (χ1) is 8.69. The van der Waals surface area contributed by atoms with E-state index in [4.69, 9.17) is 0 Å². The van der Waals surface area contributed by atoms with Gasteiger partial charge in [0.05, 0.1) is 16.7 Å². The number of hydrogen-bond acceptors (Lipinski definition) is 4. The zero-order chi connectivity index (χ0) is 13.0. The summed E-state index contributed by atoms with van der Waals surface area (Å²) in [6.45, 7) is 5.65. The van der Waals surface area contributed by atoms with E-state index in [0.717, 1.165) is 34.9 Å². The van der Waals surface area contributed by atoms with Gasteiger partial charge >= 0.3 is 0 Å². The number of hydrogen-bond donors (Lipinski definition) is 0. The molecule has 0 aliphatic carbocycles. The molecule has 94 valence electrons. The van der Waals surface area contributed by atoms with E-state index < -0.39 is 0 Å². The maximum Gasteiger partial charge on any atom is 0.225 e. The molecule has 2 rings (SSSR count). The summed E-state index contributed by atoms with van der Waals surface area (Å²) in [7, 11) is 0. The molecule has 18 heavy (non-hydrogen) atoms. The molecule has 0 atom stereocenters. The summed E-state index contributed by atoms with van der Waals surface area (Å²) >= 11 is 3.34. The normalized spacial score (nSPS) is 10.4. The number of aromatic nitrogens is 3. The fourth-order valence-electron chi connectivity index (χ4n) is 1.68. The SMILES string of the molecule is CCN(Cc1cccc(C)n1)c1ncc(Br)cn1. The third kappa shape index (κ3) is 3.26. The standard InChI is InChI=1S/C13H15BrN4/c1-3-18(13-15-7-11(14)8-16-13)9-12-6-4-5-10(2)17-12/h4-8H,3,9H2,1-2H3. The van der Waals surface area contributed by atoms with E-state index in [2.05, 4.69) is 42.7 Å². The summed E-state index contributed by atoms with van der Waals surface area (Å²) in [5.74, 6) is 0.726. The Labute approximate surface area is 115 Å². The summed E-state index contributed by atoms with van der Waals surface area (Å²) in [4.78, 5) is 15.2. The first-order valence-electron chi connectivity index (χ1n) is 5.84. The summed E-state index contributed by atoms with van der Waals surface area (Å²) in [6, 6.07) is 6.04. The number of aryl methyl sites for hydroxylation is 1. The minimum atomic E-state index is 0.722. The van der Waals surface area contributed by atoms with Gasteiger partial charge in [-0.3, -0.25) is 4.98 Å². The van der Waals surface area contributed by atoms with Gasteiger partial charge in [0.15, 0.2) is 0 Å². The van der Waals surface area contributed by atoms with Crippen LogP contribution < -0.4 is 4.90 Å². The quantitative estimate of drug-likeness (QED) is 0.871. The van der Waals surface area contributed by atoms with Crippen molar-refractivity contribution in [1.29, 1.82) is 0 Å². The van der Waals surface area contributed by atoms with Gasteiger partial charge in [0, 0.05) is 24.6 Å². The summed E-state index contributed by atoms with van der Waals surface area (Å²) in [6.07, 6.45) is 3.52. The van der Waals surface area contributed by atoms with E-state index in [1.54, 1.807) is 12.4 Å². The molecule has 0 fully saturated rings. The highest BCUT2D eigenvalue weighted by molar-refractivity contribution is 9.10. The predicted molar refractivity (Wildman–Crippen MR) is 75.4 cm³/mol. The lowest BCUT2D eigenvalue weighted by atomic mass is 10.3. The van der Waals surface area contributed by atoms with Gasteiger partial charge in [0.1, 0.15) is 0 Å². The fraction of sp³-hybridized carbons (Fsp3) is 0.308. The number of pyridine rings is 1. The van der Waals surface area contributed by atoms with Crippen LogP contribution in [0.5, 0.6) is 0 Å². The molecule has 0 saturated heterocycles. The lowest BCUT2D eigenvalue weighted by Crippen LogP contribution is -2.24. The Morgan fingerprint density at radius 1 is 1.22 bits per heavy atom. The lowest BCUT2D eigenvalue weighted by molar-refractivity contribution is 0.771. The molecule has 0 aliphatic heterocycles. The molecule has 2 aromatic rings. The lowest BCUT2D eigenvalue weighted by Gasteiger charge is -2.20. The molecule has 0 spiro atoms. The van der Waals surface area contributed by atoms with Crippen LogP contribution in [0, 0.1) is 6.92 Å². The maximum absolute atomic E-state index is 4.50. The van der Waals surface area contributed by atoms with Crippen LogP contribution >= 0.6 is 15.9 Å². The molecule has 0 aliphatic rings. The van der Waals surface area contributed by atoms with Crippen molar-refractivity contribution < 1.29 is 0 Å². The van der Waals surface area contributed by atoms with Crippen LogP contribution in [0.1, 0.15) is 18.3 Å². The summed E-state index contributed by atoms with van der Waals surface area (Å²) < 4.78 is 0.885. The average Bonchev–Trinajstić information content (AvgIpc) is 2.37. The van der Waals surface area contributed by atoms with Crippen LogP contribution in [-0.2, 0) is 6.54 Å². The van der Waals surface area contributed by atoms with Gasteiger partial charge in [0.2, 0.25) is 5.95 Å². The van der Waals surface area contributed by atoms with Crippen LogP contribution in [0.2, 0.25) is 0 Å². The number of anilines is 1. The molecule has 0 saturated carbocycles. The average molecular weight is 307 g/mol. The Hall–Kier alpha value is -1.49. The second kappa shape index (κ2) is 5.91. The van der Waals surface area contributed by atoms with Crippen molar-refractivity contribution >= 4 is 21.9 Å². The molecule has 2 aromatic heterocycles. The van der Waals surface area contributed by atoms with Gasteiger partial charge in [-0.1, -0.05) is 6.07 Å². The van der Waals surface area contributed by atoms with Gasteiger partial charge in [-0.25, -0.2) is 9.97 Å². The van der Waals surface area contributed by atoms with Crippen molar-refractivity contribution in [1.82, 2.24) is 15.0 Å². The Bertz CT molecular complexity index is 513. The zero-order valence-corrected chi connectivity index (χ0v) is 12.1. The monoisotopic (exact) mass is 306 g/mol. The van der Waals surface area contributed by atoms with Crippen LogP contribution in [0.15, 0.2) is 35.1 Å². The third-order valence-electron chi connectivity index (χ3n) is 2.57. The van der Waals surface area contributed by atoms with Crippen LogP contribution in [0.4, 0.5) is 5.95 Å². The minimum Gasteiger partial charge on any atom is -0.335 e. The van der Waals surface area contributed by atoms with E-state index in [9.17, 15) is 0 Å². The molecular formula is C13H15BrN4. The molecular weight excluding hydrogens is 292 g/mol. The molecule has 2 heterocycles. The molecule has 5 heteroatoms. The second-order valence-electron chi connectivity index (χ2n) is 3.99. The highest BCUT2D eigenvalue weighted by Gasteiger charge is 2.08.